The summed E-state index contributed by atoms with van der Waals surface area (Å²) in [5.41, 5.74) is 2.23. The maximum atomic E-state index is 13.1. The smallest absolute Gasteiger partial charge is 0.306 e. The van der Waals surface area contributed by atoms with Crippen LogP contribution in [0, 0.1) is 5.92 Å². The van der Waals surface area contributed by atoms with Crippen molar-refractivity contribution < 1.29 is 24.2 Å². The lowest BCUT2D eigenvalue weighted by Crippen LogP contribution is -2.47. The standard InChI is InChI=1S/C22H28N2O5/c25-15-19-12-16-6-4-5-8-18(16)14-24(19)20(26)13-17-7-2-1-3-9-21(27)29-11-10-23-22(17)28/h1-2,4-6,8,17,19,25H,3,7,9-15H2,(H,23,28)/t17-,19+/m1/s1. The Kier molecular flexibility index (Phi) is 7.41. The predicted octanol–water partition coefficient (Wildman–Crippen LogP) is 1.34. The molecule has 0 aliphatic carbocycles. The fourth-order valence-electron chi connectivity index (χ4n) is 3.79. The summed E-state index contributed by atoms with van der Waals surface area (Å²) in [5.74, 6) is -1.13. The van der Waals surface area contributed by atoms with Gasteiger partial charge in [0.1, 0.15) is 6.61 Å². The van der Waals surface area contributed by atoms with Gasteiger partial charge in [-0.25, -0.2) is 0 Å². The van der Waals surface area contributed by atoms with Crippen LogP contribution < -0.4 is 5.32 Å². The summed E-state index contributed by atoms with van der Waals surface area (Å²) in [6, 6.07) is 7.65. The Morgan fingerprint density at radius 2 is 2.00 bits per heavy atom. The number of carbonyl (C=O) groups is 3. The van der Waals surface area contributed by atoms with Gasteiger partial charge in [0.25, 0.3) is 0 Å². The van der Waals surface area contributed by atoms with Crippen LogP contribution >= 0.6 is 0 Å². The summed E-state index contributed by atoms with van der Waals surface area (Å²) in [7, 11) is 0. The van der Waals surface area contributed by atoms with Crippen LogP contribution in [0.5, 0.6) is 0 Å². The minimum absolute atomic E-state index is 0.0780. The van der Waals surface area contributed by atoms with Crippen molar-refractivity contribution in [2.24, 2.45) is 5.92 Å². The number of aliphatic hydroxyl groups is 1. The van der Waals surface area contributed by atoms with Crippen molar-refractivity contribution in [1.29, 1.82) is 0 Å². The first-order valence-corrected chi connectivity index (χ1v) is 10.1. The zero-order valence-electron chi connectivity index (χ0n) is 16.5. The Balaban J connectivity index is 1.68. The molecule has 2 atom stereocenters. The molecule has 2 N–H and O–H groups in total. The van der Waals surface area contributed by atoms with Gasteiger partial charge in [-0.1, -0.05) is 36.4 Å². The van der Waals surface area contributed by atoms with Gasteiger partial charge in [-0.05, 0) is 30.4 Å². The Morgan fingerprint density at radius 1 is 1.21 bits per heavy atom. The van der Waals surface area contributed by atoms with Gasteiger partial charge in [0.2, 0.25) is 11.8 Å². The molecule has 0 spiro atoms. The zero-order valence-corrected chi connectivity index (χ0v) is 16.5. The highest BCUT2D eigenvalue weighted by molar-refractivity contribution is 5.86. The largest absolute Gasteiger partial charge is 0.464 e. The van der Waals surface area contributed by atoms with Crippen molar-refractivity contribution in [1.82, 2.24) is 10.2 Å². The minimum Gasteiger partial charge on any atom is -0.464 e. The second-order valence-corrected chi connectivity index (χ2v) is 7.49. The predicted molar refractivity (Wildman–Crippen MR) is 107 cm³/mol. The van der Waals surface area contributed by atoms with Gasteiger partial charge in [0, 0.05) is 19.4 Å². The highest BCUT2D eigenvalue weighted by Crippen LogP contribution is 2.25. The monoisotopic (exact) mass is 400 g/mol. The molecule has 2 amide bonds. The van der Waals surface area contributed by atoms with Crippen molar-refractivity contribution in [3.63, 3.8) is 0 Å². The van der Waals surface area contributed by atoms with Gasteiger partial charge < -0.3 is 20.1 Å². The van der Waals surface area contributed by atoms with Crippen molar-refractivity contribution in [3.05, 3.63) is 47.5 Å². The molecule has 7 heteroatoms. The molecule has 0 unspecified atom stereocenters. The number of nitrogens with zero attached hydrogens (tertiary/aromatic N) is 1. The number of cyclic esters (lactones) is 1. The van der Waals surface area contributed by atoms with Gasteiger partial charge in [0.15, 0.2) is 0 Å². The molecule has 0 bridgehead atoms. The number of ether oxygens (including phenoxy) is 1. The Bertz CT molecular complexity index is 776. The molecule has 0 saturated heterocycles. The summed E-state index contributed by atoms with van der Waals surface area (Å²) in [5, 5.41) is 12.5. The fourth-order valence-corrected chi connectivity index (χ4v) is 3.79. The van der Waals surface area contributed by atoms with E-state index in [1.54, 1.807) is 4.90 Å². The SMILES string of the molecule is O=C1CCC=CC[C@H](CC(=O)N2Cc3ccccc3C[C@H]2CO)C(=O)NCCO1. The van der Waals surface area contributed by atoms with Crippen LogP contribution in [-0.4, -0.2) is 53.6 Å². The number of rotatable bonds is 3. The maximum Gasteiger partial charge on any atom is 0.306 e. The molecule has 3 rings (SSSR count). The van der Waals surface area contributed by atoms with E-state index in [2.05, 4.69) is 5.32 Å². The van der Waals surface area contributed by atoms with Crippen LogP contribution in [0.25, 0.3) is 0 Å². The number of fused-ring (bicyclic) bond motifs is 1. The molecule has 2 heterocycles. The molecule has 29 heavy (non-hydrogen) atoms. The summed E-state index contributed by atoms with van der Waals surface area (Å²) in [6.07, 6.45) is 5.68. The van der Waals surface area contributed by atoms with Crippen LogP contribution in [0.1, 0.15) is 36.8 Å². The zero-order chi connectivity index (χ0) is 20.6. The molecule has 0 fully saturated rings. The maximum absolute atomic E-state index is 13.1. The third-order valence-corrected chi connectivity index (χ3v) is 5.45. The Labute approximate surface area is 170 Å². The van der Waals surface area contributed by atoms with Gasteiger partial charge in [-0.15, -0.1) is 0 Å². The number of carbonyl (C=O) groups excluding carboxylic acids is 3. The van der Waals surface area contributed by atoms with Crippen LogP contribution in [0.2, 0.25) is 0 Å². The molecule has 0 saturated carbocycles. The van der Waals surface area contributed by atoms with Gasteiger partial charge >= 0.3 is 5.97 Å². The van der Waals surface area contributed by atoms with E-state index in [0.717, 1.165) is 11.1 Å². The van der Waals surface area contributed by atoms with E-state index in [0.29, 0.717) is 32.2 Å². The van der Waals surface area contributed by atoms with Gasteiger partial charge in [0.05, 0.1) is 25.1 Å². The number of aliphatic hydroxyl groups excluding tert-OH is 1. The normalized spacial score (nSPS) is 23.3. The third kappa shape index (κ3) is 5.67. The first kappa shape index (κ1) is 21.0. The molecule has 2 aliphatic heterocycles. The Morgan fingerprint density at radius 3 is 2.79 bits per heavy atom. The van der Waals surface area contributed by atoms with E-state index in [4.69, 9.17) is 4.74 Å². The van der Waals surface area contributed by atoms with E-state index in [1.165, 1.54) is 0 Å². The quantitative estimate of drug-likeness (QED) is 0.590. The number of hydrogen-bond donors (Lipinski definition) is 2. The van der Waals surface area contributed by atoms with Gasteiger partial charge in [-0.2, -0.15) is 0 Å². The Hall–Kier alpha value is -2.67. The first-order valence-electron chi connectivity index (χ1n) is 10.1. The third-order valence-electron chi connectivity index (χ3n) is 5.45. The lowest BCUT2D eigenvalue weighted by atomic mass is 9.92. The second kappa shape index (κ2) is 10.2. The van der Waals surface area contributed by atoms with Crippen LogP contribution in [0.3, 0.4) is 0 Å². The summed E-state index contributed by atoms with van der Waals surface area (Å²) < 4.78 is 5.05. The van der Waals surface area contributed by atoms with Crippen molar-refractivity contribution in [2.45, 2.75) is 44.7 Å². The first-order chi connectivity index (χ1) is 14.1. The molecule has 0 aromatic heterocycles. The summed E-state index contributed by atoms with van der Waals surface area (Å²) in [6.45, 7) is 0.697. The summed E-state index contributed by atoms with van der Waals surface area (Å²) in [4.78, 5) is 38.8. The van der Waals surface area contributed by atoms with E-state index in [-0.39, 0.29) is 50.0 Å². The number of hydrogen-bond acceptors (Lipinski definition) is 5. The molecular formula is C22H28N2O5. The minimum atomic E-state index is -0.495. The van der Waals surface area contributed by atoms with Crippen LogP contribution in [-0.2, 0) is 32.1 Å². The lowest BCUT2D eigenvalue weighted by molar-refractivity contribution is -0.144. The highest BCUT2D eigenvalue weighted by atomic mass is 16.5. The fraction of sp³-hybridized carbons (Fsp3) is 0.500. The molecular weight excluding hydrogens is 372 g/mol. The van der Waals surface area contributed by atoms with Gasteiger partial charge in [-0.3, -0.25) is 14.4 Å². The van der Waals surface area contributed by atoms with Crippen molar-refractivity contribution >= 4 is 17.8 Å². The second-order valence-electron chi connectivity index (χ2n) is 7.49. The average Bonchev–Trinajstić information content (AvgIpc) is 2.73. The molecule has 156 valence electrons. The number of amides is 2. The van der Waals surface area contributed by atoms with Crippen molar-refractivity contribution in [2.75, 3.05) is 19.8 Å². The topological polar surface area (TPSA) is 95.9 Å². The molecule has 2 aliphatic rings. The van der Waals surface area contributed by atoms with E-state index in [1.807, 2.05) is 36.4 Å². The number of allylic oxidation sites excluding steroid dienone is 2. The van der Waals surface area contributed by atoms with E-state index >= 15 is 0 Å². The molecule has 1 aromatic rings. The van der Waals surface area contributed by atoms with Crippen molar-refractivity contribution in [3.8, 4) is 0 Å². The molecule has 1 aromatic carbocycles. The van der Waals surface area contributed by atoms with Crippen LogP contribution in [0.4, 0.5) is 0 Å². The molecule has 7 nitrogen and oxygen atoms in total. The average molecular weight is 400 g/mol. The molecule has 0 radical (unpaired) electrons. The number of benzene rings is 1. The lowest BCUT2D eigenvalue weighted by Gasteiger charge is -2.36. The van der Waals surface area contributed by atoms with E-state index < -0.39 is 5.92 Å². The number of esters is 1. The van der Waals surface area contributed by atoms with Crippen LogP contribution in [0.15, 0.2) is 36.4 Å². The van der Waals surface area contributed by atoms with E-state index in [9.17, 15) is 19.5 Å². The number of nitrogens with one attached hydrogen (secondary N) is 1. The highest BCUT2D eigenvalue weighted by Gasteiger charge is 2.31. The summed E-state index contributed by atoms with van der Waals surface area (Å²) >= 11 is 0.